The molecule has 0 bridgehead atoms. The zero-order chi connectivity index (χ0) is 10.2. The van der Waals surface area contributed by atoms with Gasteiger partial charge in [0.25, 0.3) is 0 Å². The van der Waals surface area contributed by atoms with Crippen LogP contribution in [-0.4, -0.2) is 20.4 Å². The Morgan fingerprint density at radius 1 is 1.29 bits per heavy atom. The van der Waals surface area contributed by atoms with E-state index in [9.17, 15) is 0 Å². The molecule has 3 heteroatoms. The van der Waals surface area contributed by atoms with E-state index in [1.54, 1.807) is 7.11 Å². The fraction of sp³-hybridized carbons (Fsp3) is 0.273. The topological polar surface area (TPSA) is 44.5 Å². The van der Waals surface area contributed by atoms with Crippen LogP contribution in [0.3, 0.4) is 0 Å². The van der Waals surface area contributed by atoms with Crippen molar-refractivity contribution in [3.05, 3.63) is 29.8 Å². The van der Waals surface area contributed by atoms with E-state index in [0.717, 1.165) is 11.3 Å². The number of benzene rings is 1. The molecule has 0 amide bonds. The maximum atomic E-state index is 5.26. The Labute approximate surface area is 83.8 Å². The molecule has 0 fully saturated rings. The predicted molar refractivity (Wildman–Crippen MR) is 54.9 cm³/mol. The van der Waals surface area contributed by atoms with Crippen LogP contribution < -0.4 is 10.5 Å². The van der Waals surface area contributed by atoms with Crippen molar-refractivity contribution in [2.45, 2.75) is 0 Å². The molecule has 0 aromatic heterocycles. The lowest BCUT2D eigenvalue weighted by Gasteiger charge is -2.03. The van der Waals surface area contributed by atoms with Crippen LogP contribution in [0.4, 0.5) is 0 Å². The molecule has 0 aliphatic carbocycles. The van der Waals surface area contributed by atoms with Gasteiger partial charge in [0, 0.05) is 12.7 Å². The summed E-state index contributed by atoms with van der Waals surface area (Å²) >= 11 is 0. The monoisotopic (exact) mass is 191 g/mol. The molecule has 0 atom stereocenters. The van der Waals surface area contributed by atoms with Crippen molar-refractivity contribution in [3.63, 3.8) is 0 Å². The van der Waals surface area contributed by atoms with Crippen LogP contribution >= 0.6 is 0 Å². The predicted octanol–water partition coefficient (Wildman–Crippen LogP) is 0.980. The summed E-state index contributed by atoms with van der Waals surface area (Å²) in [5.74, 6) is 6.47. The summed E-state index contributed by atoms with van der Waals surface area (Å²) in [6, 6.07) is 7.46. The quantitative estimate of drug-likeness (QED) is 0.572. The molecule has 0 unspecified atom stereocenters. The van der Waals surface area contributed by atoms with Crippen LogP contribution in [0, 0.1) is 11.8 Å². The lowest BCUT2D eigenvalue weighted by Crippen LogP contribution is -1.98. The summed E-state index contributed by atoms with van der Waals surface area (Å²) in [5, 5.41) is 0. The van der Waals surface area contributed by atoms with Crippen LogP contribution in [0.25, 0.3) is 0 Å². The summed E-state index contributed by atoms with van der Waals surface area (Å²) in [6.07, 6.45) is 0. The van der Waals surface area contributed by atoms with Crippen molar-refractivity contribution in [1.29, 1.82) is 0 Å². The number of rotatable bonds is 3. The molecule has 3 nitrogen and oxygen atoms in total. The van der Waals surface area contributed by atoms with Crippen molar-refractivity contribution in [2.24, 2.45) is 5.73 Å². The minimum absolute atomic E-state index is 0.258. The molecule has 2 N–H and O–H groups in total. The van der Waals surface area contributed by atoms with Gasteiger partial charge in [-0.1, -0.05) is 11.8 Å². The molecule has 0 aliphatic rings. The van der Waals surface area contributed by atoms with E-state index in [1.807, 2.05) is 24.3 Å². The fourth-order valence-corrected chi connectivity index (χ4v) is 0.915. The largest absolute Gasteiger partial charge is 0.468 e. The SMILES string of the molecule is COCOc1ccc(C#CCN)cc1. The van der Waals surface area contributed by atoms with Crippen LogP contribution in [-0.2, 0) is 4.74 Å². The van der Waals surface area contributed by atoms with E-state index < -0.39 is 0 Å². The maximum absolute atomic E-state index is 5.26. The van der Waals surface area contributed by atoms with Gasteiger partial charge in [0.15, 0.2) is 6.79 Å². The molecule has 1 aromatic carbocycles. The van der Waals surface area contributed by atoms with Crippen molar-refractivity contribution < 1.29 is 9.47 Å². The first-order valence-electron chi connectivity index (χ1n) is 4.27. The van der Waals surface area contributed by atoms with E-state index in [2.05, 4.69) is 11.8 Å². The molecule has 0 radical (unpaired) electrons. The average Bonchev–Trinajstić information content (AvgIpc) is 2.25. The third-order valence-electron chi connectivity index (χ3n) is 1.53. The Morgan fingerprint density at radius 2 is 2.00 bits per heavy atom. The number of ether oxygens (including phenoxy) is 2. The third-order valence-corrected chi connectivity index (χ3v) is 1.53. The van der Waals surface area contributed by atoms with Crippen LogP contribution in [0.2, 0.25) is 0 Å². The van der Waals surface area contributed by atoms with Gasteiger partial charge in [-0.05, 0) is 24.3 Å². The average molecular weight is 191 g/mol. The van der Waals surface area contributed by atoms with Crippen molar-refractivity contribution >= 4 is 0 Å². The van der Waals surface area contributed by atoms with E-state index in [4.69, 9.17) is 15.2 Å². The van der Waals surface area contributed by atoms with Gasteiger partial charge in [-0.15, -0.1) is 0 Å². The summed E-state index contributed by atoms with van der Waals surface area (Å²) in [5.41, 5.74) is 6.19. The number of nitrogens with two attached hydrogens (primary N) is 1. The molecule has 74 valence electrons. The van der Waals surface area contributed by atoms with Gasteiger partial charge in [0.1, 0.15) is 5.75 Å². The molecule has 0 spiro atoms. The zero-order valence-electron chi connectivity index (χ0n) is 8.12. The third kappa shape index (κ3) is 3.48. The van der Waals surface area contributed by atoms with Gasteiger partial charge >= 0.3 is 0 Å². The molecule has 1 aromatic rings. The van der Waals surface area contributed by atoms with Gasteiger partial charge < -0.3 is 15.2 Å². The lowest BCUT2D eigenvalue weighted by molar-refractivity contribution is 0.0511. The van der Waals surface area contributed by atoms with Crippen LogP contribution in [0.15, 0.2) is 24.3 Å². The van der Waals surface area contributed by atoms with E-state index in [-0.39, 0.29) is 6.79 Å². The summed E-state index contributed by atoms with van der Waals surface area (Å²) in [4.78, 5) is 0. The lowest BCUT2D eigenvalue weighted by atomic mass is 10.2. The number of methoxy groups -OCH3 is 1. The van der Waals surface area contributed by atoms with Crippen LogP contribution in [0.1, 0.15) is 5.56 Å². The van der Waals surface area contributed by atoms with E-state index >= 15 is 0 Å². The summed E-state index contributed by atoms with van der Waals surface area (Å²) < 4.78 is 9.99. The molecule has 0 heterocycles. The first-order chi connectivity index (χ1) is 6.86. The number of hydrogen-bond acceptors (Lipinski definition) is 3. The van der Waals surface area contributed by atoms with E-state index in [1.165, 1.54) is 0 Å². The second kappa shape index (κ2) is 6.03. The van der Waals surface area contributed by atoms with Crippen molar-refractivity contribution in [2.75, 3.05) is 20.4 Å². The zero-order valence-corrected chi connectivity index (χ0v) is 8.12. The second-order valence-corrected chi connectivity index (χ2v) is 2.58. The van der Waals surface area contributed by atoms with Crippen LogP contribution in [0.5, 0.6) is 5.75 Å². The highest BCUT2D eigenvalue weighted by atomic mass is 16.7. The first kappa shape index (κ1) is 10.6. The van der Waals surface area contributed by atoms with Crippen molar-refractivity contribution in [3.8, 4) is 17.6 Å². The Hall–Kier alpha value is -1.50. The summed E-state index contributed by atoms with van der Waals surface area (Å²) in [7, 11) is 1.58. The fourth-order valence-electron chi connectivity index (χ4n) is 0.915. The molecule has 1 rings (SSSR count). The van der Waals surface area contributed by atoms with E-state index in [0.29, 0.717) is 6.54 Å². The molecule has 0 saturated heterocycles. The molecular weight excluding hydrogens is 178 g/mol. The standard InChI is InChI=1S/C11H13NO2/c1-13-9-14-11-6-4-10(5-7-11)3-2-8-12/h4-7H,8-9,12H2,1H3. The molecule has 14 heavy (non-hydrogen) atoms. The smallest absolute Gasteiger partial charge is 0.188 e. The molecule has 0 aliphatic heterocycles. The summed E-state index contributed by atoms with van der Waals surface area (Å²) in [6.45, 7) is 0.635. The Balaban J connectivity index is 2.59. The van der Waals surface area contributed by atoms with Gasteiger partial charge in [0.2, 0.25) is 0 Å². The highest BCUT2D eigenvalue weighted by Crippen LogP contribution is 2.11. The van der Waals surface area contributed by atoms with Gasteiger partial charge in [-0.3, -0.25) is 0 Å². The second-order valence-electron chi connectivity index (χ2n) is 2.58. The molecule has 0 saturated carbocycles. The Morgan fingerprint density at radius 3 is 2.57 bits per heavy atom. The van der Waals surface area contributed by atoms with Crippen molar-refractivity contribution in [1.82, 2.24) is 0 Å². The van der Waals surface area contributed by atoms with Gasteiger partial charge in [0.05, 0.1) is 6.54 Å². The minimum atomic E-state index is 0.258. The number of hydrogen-bond donors (Lipinski definition) is 1. The maximum Gasteiger partial charge on any atom is 0.188 e. The molecular formula is C11H13NO2. The minimum Gasteiger partial charge on any atom is -0.468 e. The normalized spacial score (nSPS) is 9.00. The Kier molecular flexibility index (Phi) is 4.56. The van der Waals surface area contributed by atoms with Gasteiger partial charge in [-0.25, -0.2) is 0 Å². The van der Waals surface area contributed by atoms with Gasteiger partial charge in [-0.2, -0.15) is 0 Å². The Bertz CT molecular complexity index is 321. The highest BCUT2D eigenvalue weighted by Gasteiger charge is 1.91. The first-order valence-corrected chi connectivity index (χ1v) is 4.27. The highest BCUT2D eigenvalue weighted by molar-refractivity contribution is 5.38.